The van der Waals surface area contributed by atoms with Crippen molar-refractivity contribution in [1.82, 2.24) is 0 Å². The van der Waals surface area contributed by atoms with E-state index < -0.39 is 0 Å². The number of rotatable bonds is 2. The van der Waals surface area contributed by atoms with Crippen LogP contribution in [0.2, 0.25) is 0 Å². The topological polar surface area (TPSA) is 38.7 Å². The van der Waals surface area contributed by atoms with Crippen molar-refractivity contribution < 1.29 is 9.53 Å². The standard InChI is InChI=1S/C13H13NO2/c15-9-14-13(4-5-13)12-2-1-10-3-6-16-8-11(10)7-12/h1-2,7H,3-6,8H2. The second-order valence-electron chi connectivity index (χ2n) is 4.52. The summed E-state index contributed by atoms with van der Waals surface area (Å²) in [6, 6.07) is 6.38. The normalized spacial score (nSPS) is 20.8. The molecule has 1 aliphatic heterocycles. The van der Waals surface area contributed by atoms with Crippen molar-refractivity contribution in [2.24, 2.45) is 4.99 Å². The molecule has 82 valence electrons. The molecule has 0 spiro atoms. The quantitative estimate of drug-likeness (QED) is 0.559. The average Bonchev–Trinajstić information content (AvgIpc) is 3.10. The maximum Gasteiger partial charge on any atom is 0.235 e. The van der Waals surface area contributed by atoms with Crippen LogP contribution in [0.15, 0.2) is 23.2 Å². The van der Waals surface area contributed by atoms with Crippen molar-refractivity contribution in [3.63, 3.8) is 0 Å². The van der Waals surface area contributed by atoms with Gasteiger partial charge in [0.15, 0.2) is 0 Å². The highest BCUT2D eigenvalue weighted by Crippen LogP contribution is 2.49. The molecule has 0 atom stereocenters. The van der Waals surface area contributed by atoms with Crippen LogP contribution in [0.3, 0.4) is 0 Å². The van der Waals surface area contributed by atoms with Gasteiger partial charge in [0.25, 0.3) is 0 Å². The molecule has 3 rings (SSSR count). The minimum atomic E-state index is -0.256. The number of ether oxygens (including phenoxy) is 1. The molecule has 1 aromatic carbocycles. The third-order valence-electron chi connectivity index (χ3n) is 3.50. The molecule has 1 aromatic rings. The van der Waals surface area contributed by atoms with Gasteiger partial charge in [0.2, 0.25) is 6.08 Å². The molecule has 0 bridgehead atoms. The SMILES string of the molecule is O=C=NC1(c2ccc3c(c2)COCC3)CC1. The summed E-state index contributed by atoms with van der Waals surface area (Å²) < 4.78 is 5.44. The highest BCUT2D eigenvalue weighted by molar-refractivity contribution is 5.44. The number of isocyanates is 1. The largest absolute Gasteiger partial charge is 0.376 e. The lowest BCUT2D eigenvalue weighted by Crippen LogP contribution is -2.12. The Morgan fingerprint density at radius 1 is 1.31 bits per heavy atom. The van der Waals surface area contributed by atoms with Crippen LogP contribution in [-0.4, -0.2) is 12.7 Å². The van der Waals surface area contributed by atoms with E-state index in [0.717, 1.165) is 31.4 Å². The first-order chi connectivity index (χ1) is 7.84. The number of nitrogens with zero attached hydrogens (tertiary/aromatic N) is 1. The number of aliphatic imine (C=N–C) groups is 1. The van der Waals surface area contributed by atoms with Gasteiger partial charge in [-0.05, 0) is 36.0 Å². The molecule has 0 aromatic heterocycles. The van der Waals surface area contributed by atoms with E-state index in [1.54, 1.807) is 6.08 Å². The number of hydrogen-bond acceptors (Lipinski definition) is 3. The summed E-state index contributed by atoms with van der Waals surface area (Å²) in [7, 11) is 0. The molecule has 16 heavy (non-hydrogen) atoms. The van der Waals surface area contributed by atoms with Gasteiger partial charge in [-0.1, -0.05) is 18.2 Å². The van der Waals surface area contributed by atoms with E-state index in [4.69, 9.17) is 4.74 Å². The van der Waals surface area contributed by atoms with Gasteiger partial charge in [-0.2, -0.15) is 4.99 Å². The van der Waals surface area contributed by atoms with Gasteiger partial charge in [0.05, 0.1) is 18.8 Å². The molecule has 1 fully saturated rings. The summed E-state index contributed by atoms with van der Waals surface area (Å²) in [6.07, 6.45) is 4.60. The Balaban J connectivity index is 2.00. The van der Waals surface area contributed by atoms with E-state index in [2.05, 4.69) is 23.2 Å². The molecule has 0 N–H and O–H groups in total. The molecule has 0 unspecified atom stereocenters. The summed E-state index contributed by atoms with van der Waals surface area (Å²) in [5.74, 6) is 0. The van der Waals surface area contributed by atoms with Gasteiger partial charge in [-0.25, -0.2) is 4.79 Å². The van der Waals surface area contributed by atoms with Crippen molar-refractivity contribution in [3.8, 4) is 0 Å². The zero-order valence-electron chi connectivity index (χ0n) is 9.03. The fourth-order valence-electron chi connectivity index (χ4n) is 2.33. The van der Waals surface area contributed by atoms with Crippen LogP contribution in [0.1, 0.15) is 29.5 Å². The smallest absolute Gasteiger partial charge is 0.235 e. The van der Waals surface area contributed by atoms with Gasteiger partial charge in [0, 0.05) is 0 Å². The molecule has 1 heterocycles. The van der Waals surface area contributed by atoms with Crippen molar-refractivity contribution in [3.05, 3.63) is 34.9 Å². The first kappa shape index (κ1) is 9.76. The molecule has 0 saturated heterocycles. The van der Waals surface area contributed by atoms with Crippen molar-refractivity contribution in [2.75, 3.05) is 6.61 Å². The summed E-state index contributed by atoms with van der Waals surface area (Å²) in [5, 5.41) is 0. The molecule has 0 amide bonds. The van der Waals surface area contributed by atoms with Crippen molar-refractivity contribution in [1.29, 1.82) is 0 Å². The summed E-state index contributed by atoms with van der Waals surface area (Å²) in [5.41, 5.74) is 3.49. The summed E-state index contributed by atoms with van der Waals surface area (Å²) in [6.45, 7) is 1.49. The van der Waals surface area contributed by atoms with E-state index in [1.165, 1.54) is 11.1 Å². The maximum absolute atomic E-state index is 10.4. The molecule has 1 saturated carbocycles. The molecule has 3 nitrogen and oxygen atoms in total. The van der Waals surface area contributed by atoms with E-state index in [1.807, 2.05) is 0 Å². The van der Waals surface area contributed by atoms with Crippen LogP contribution in [0.5, 0.6) is 0 Å². The Bertz CT molecular complexity index is 471. The highest BCUT2D eigenvalue weighted by Gasteiger charge is 2.45. The summed E-state index contributed by atoms with van der Waals surface area (Å²) >= 11 is 0. The number of carbonyl (C=O) groups excluding carboxylic acids is 1. The Morgan fingerprint density at radius 2 is 2.19 bits per heavy atom. The second kappa shape index (κ2) is 3.55. The Hall–Kier alpha value is -1.44. The highest BCUT2D eigenvalue weighted by atomic mass is 16.5. The third-order valence-corrected chi connectivity index (χ3v) is 3.50. The van der Waals surface area contributed by atoms with E-state index in [0.29, 0.717) is 6.61 Å². The Labute approximate surface area is 94.1 Å². The number of benzene rings is 1. The minimum Gasteiger partial charge on any atom is -0.376 e. The van der Waals surface area contributed by atoms with Crippen molar-refractivity contribution >= 4 is 6.08 Å². The first-order valence-electron chi connectivity index (χ1n) is 5.63. The lowest BCUT2D eigenvalue weighted by atomic mass is 9.96. The Kier molecular flexibility index (Phi) is 2.16. The lowest BCUT2D eigenvalue weighted by Gasteiger charge is -2.18. The monoisotopic (exact) mass is 215 g/mol. The van der Waals surface area contributed by atoms with Gasteiger partial charge in [-0.15, -0.1) is 0 Å². The maximum atomic E-state index is 10.4. The van der Waals surface area contributed by atoms with Gasteiger partial charge in [0.1, 0.15) is 0 Å². The van der Waals surface area contributed by atoms with Crippen molar-refractivity contribution in [2.45, 2.75) is 31.4 Å². The van der Waals surface area contributed by atoms with Crippen LogP contribution in [0.25, 0.3) is 0 Å². The lowest BCUT2D eigenvalue weighted by molar-refractivity contribution is 0.110. The zero-order valence-corrected chi connectivity index (χ0v) is 9.03. The van der Waals surface area contributed by atoms with Gasteiger partial charge >= 0.3 is 0 Å². The Morgan fingerprint density at radius 3 is 2.94 bits per heavy atom. The molecule has 1 aliphatic carbocycles. The van der Waals surface area contributed by atoms with Crippen LogP contribution >= 0.6 is 0 Å². The summed E-state index contributed by atoms with van der Waals surface area (Å²) in [4.78, 5) is 14.3. The first-order valence-corrected chi connectivity index (χ1v) is 5.63. The van der Waals surface area contributed by atoms with Crippen LogP contribution in [0.4, 0.5) is 0 Å². The zero-order chi connectivity index (χ0) is 11.0. The number of fused-ring (bicyclic) bond motifs is 1. The number of hydrogen-bond donors (Lipinski definition) is 0. The minimum absolute atomic E-state index is 0.256. The van der Waals surface area contributed by atoms with E-state index in [9.17, 15) is 4.79 Å². The van der Waals surface area contributed by atoms with Crippen LogP contribution < -0.4 is 0 Å². The van der Waals surface area contributed by atoms with E-state index >= 15 is 0 Å². The molecule has 0 radical (unpaired) electrons. The molecule has 2 aliphatic rings. The van der Waals surface area contributed by atoms with Gasteiger partial charge in [-0.3, -0.25) is 0 Å². The second-order valence-corrected chi connectivity index (χ2v) is 4.52. The third kappa shape index (κ3) is 1.49. The fourth-order valence-corrected chi connectivity index (χ4v) is 2.33. The fraction of sp³-hybridized carbons (Fsp3) is 0.462. The van der Waals surface area contributed by atoms with Crippen LogP contribution in [-0.2, 0) is 28.1 Å². The van der Waals surface area contributed by atoms with Gasteiger partial charge < -0.3 is 4.74 Å². The predicted molar refractivity (Wildman–Crippen MR) is 58.8 cm³/mol. The molecular weight excluding hydrogens is 202 g/mol. The average molecular weight is 215 g/mol. The predicted octanol–water partition coefficient (Wildman–Crippen LogP) is 2.08. The van der Waals surface area contributed by atoms with E-state index in [-0.39, 0.29) is 5.54 Å². The van der Waals surface area contributed by atoms with Crippen LogP contribution in [0, 0.1) is 0 Å². The molecule has 3 heteroatoms. The molecular formula is C13H13NO2.